The van der Waals surface area contributed by atoms with Crippen LogP contribution in [-0.2, 0) is 9.47 Å². The predicted octanol–water partition coefficient (Wildman–Crippen LogP) is 1.88. The SMILES string of the molecule is CN=C(NCC1(OC)CCOCC1)N1CC(C)(C)C1(C)C. The van der Waals surface area contributed by atoms with Gasteiger partial charge < -0.3 is 19.7 Å². The molecule has 0 amide bonds. The quantitative estimate of drug-likeness (QED) is 0.638. The highest BCUT2D eigenvalue weighted by Gasteiger charge is 2.53. The van der Waals surface area contributed by atoms with Crippen LogP contribution >= 0.6 is 0 Å². The van der Waals surface area contributed by atoms with Crippen LogP contribution < -0.4 is 5.32 Å². The molecule has 2 saturated heterocycles. The van der Waals surface area contributed by atoms with Gasteiger partial charge in [0.1, 0.15) is 0 Å². The monoisotopic (exact) mass is 297 g/mol. The molecule has 0 unspecified atom stereocenters. The molecule has 0 bridgehead atoms. The van der Waals surface area contributed by atoms with Crippen molar-refractivity contribution in [3.8, 4) is 0 Å². The third-order valence-electron chi connectivity index (χ3n) is 5.76. The molecule has 122 valence electrons. The Morgan fingerprint density at radius 3 is 2.29 bits per heavy atom. The fraction of sp³-hybridized carbons (Fsp3) is 0.938. The Hall–Kier alpha value is -0.810. The first-order valence-electron chi connectivity index (χ1n) is 7.89. The number of ether oxygens (including phenoxy) is 2. The fourth-order valence-corrected chi connectivity index (χ4v) is 3.13. The molecule has 5 nitrogen and oxygen atoms in total. The summed E-state index contributed by atoms with van der Waals surface area (Å²) in [7, 11) is 3.65. The van der Waals surface area contributed by atoms with Gasteiger partial charge in [-0.05, 0) is 13.8 Å². The van der Waals surface area contributed by atoms with Crippen molar-refractivity contribution in [2.24, 2.45) is 10.4 Å². The van der Waals surface area contributed by atoms with Crippen LogP contribution in [0.4, 0.5) is 0 Å². The number of guanidine groups is 1. The van der Waals surface area contributed by atoms with Crippen molar-refractivity contribution in [3.05, 3.63) is 0 Å². The van der Waals surface area contributed by atoms with Gasteiger partial charge in [0.25, 0.3) is 0 Å². The Morgan fingerprint density at radius 2 is 1.86 bits per heavy atom. The highest BCUT2D eigenvalue weighted by atomic mass is 16.5. The molecule has 0 radical (unpaired) electrons. The summed E-state index contributed by atoms with van der Waals surface area (Å²) in [6.45, 7) is 12.5. The molecule has 2 aliphatic heterocycles. The van der Waals surface area contributed by atoms with Gasteiger partial charge in [0.05, 0.1) is 5.60 Å². The third-order valence-corrected chi connectivity index (χ3v) is 5.76. The van der Waals surface area contributed by atoms with Crippen LogP contribution in [-0.4, -0.2) is 62.5 Å². The predicted molar refractivity (Wildman–Crippen MR) is 85.7 cm³/mol. The third kappa shape index (κ3) is 2.90. The van der Waals surface area contributed by atoms with Crippen molar-refractivity contribution in [1.82, 2.24) is 10.2 Å². The molecule has 2 rings (SSSR count). The number of aliphatic imine (C=N–C) groups is 1. The van der Waals surface area contributed by atoms with E-state index >= 15 is 0 Å². The Balaban J connectivity index is 1.98. The second-order valence-electron chi connectivity index (χ2n) is 7.43. The molecule has 0 aromatic heterocycles. The number of hydrogen-bond acceptors (Lipinski definition) is 3. The number of likely N-dealkylation sites (tertiary alicyclic amines) is 1. The lowest BCUT2D eigenvalue weighted by molar-refractivity contribution is -0.0894. The summed E-state index contributed by atoms with van der Waals surface area (Å²) >= 11 is 0. The zero-order valence-corrected chi connectivity index (χ0v) is 14.5. The van der Waals surface area contributed by atoms with Crippen LogP contribution in [0.1, 0.15) is 40.5 Å². The van der Waals surface area contributed by atoms with Gasteiger partial charge in [0.2, 0.25) is 0 Å². The maximum Gasteiger partial charge on any atom is 0.194 e. The molecular weight excluding hydrogens is 266 g/mol. The van der Waals surface area contributed by atoms with Crippen molar-refractivity contribution in [2.45, 2.75) is 51.7 Å². The van der Waals surface area contributed by atoms with Gasteiger partial charge in [-0.25, -0.2) is 0 Å². The molecule has 0 aromatic carbocycles. The fourth-order valence-electron chi connectivity index (χ4n) is 3.13. The van der Waals surface area contributed by atoms with E-state index in [1.165, 1.54) is 0 Å². The molecule has 2 heterocycles. The van der Waals surface area contributed by atoms with Gasteiger partial charge in [-0.3, -0.25) is 4.99 Å². The number of nitrogens with zero attached hydrogens (tertiary/aromatic N) is 2. The van der Waals surface area contributed by atoms with Crippen LogP contribution in [0.2, 0.25) is 0 Å². The van der Waals surface area contributed by atoms with E-state index in [-0.39, 0.29) is 11.1 Å². The summed E-state index contributed by atoms with van der Waals surface area (Å²) in [5.41, 5.74) is 0.297. The van der Waals surface area contributed by atoms with Crippen LogP contribution in [0.5, 0.6) is 0 Å². The summed E-state index contributed by atoms with van der Waals surface area (Å²) in [6, 6.07) is 0. The van der Waals surface area contributed by atoms with Crippen LogP contribution in [0, 0.1) is 5.41 Å². The van der Waals surface area contributed by atoms with Gasteiger partial charge in [0, 0.05) is 64.3 Å². The number of hydrogen-bond donors (Lipinski definition) is 1. The minimum absolute atomic E-state index is 0.116. The van der Waals surface area contributed by atoms with Crippen molar-refractivity contribution in [3.63, 3.8) is 0 Å². The van der Waals surface area contributed by atoms with E-state index in [0.29, 0.717) is 5.41 Å². The van der Waals surface area contributed by atoms with Crippen molar-refractivity contribution in [2.75, 3.05) is 40.5 Å². The van der Waals surface area contributed by atoms with Crippen LogP contribution in [0.15, 0.2) is 4.99 Å². The Labute approximate surface area is 129 Å². The molecule has 2 fully saturated rings. The van der Waals surface area contributed by atoms with E-state index in [4.69, 9.17) is 9.47 Å². The minimum Gasteiger partial charge on any atom is -0.381 e. The highest BCUT2D eigenvalue weighted by Crippen LogP contribution is 2.46. The van der Waals surface area contributed by atoms with E-state index < -0.39 is 0 Å². The first-order valence-corrected chi connectivity index (χ1v) is 7.89. The Bertz CT molecular complexity index is 398. The smallest absolute Gasteiger partial charge is 0.194 e. The number of nitrogens with one attached hydrogen (secondary N) is 1. The molecule has 0 aromatic rings. The average Bonchev–Trinajstić information content (AvgIpc) is 2.47. The summed E-state index contributed by atoms with van der Waals surface area (Å²) in [4.78, 5) is 6.82. The second-order valence-corrected chi connectivity index (χ2v) is 7.43. The first kappa shape index (κ1) is 16.6. The molecule has 21 heavy (non-hydrogen) atoms. The number of methoxy groups -OCH3 is 1. The lowest BCUT2D eigenvalue weighted by Gasteiger charge is -2.62. The van der Waals surface area contributed by atoms with E-state index in [9.17, 15) is 0 Å². The maximum atomic E-state index is 5.78. The molecule has 5 heteroatoms. The van der Waals surface area contributed by atoms with Crippen molar-refractivity contribution < 1.29 is 9.47 Å². The zero-order chi connectivity index (χ0) is 15.7. The van der Waals surface area contributed by atoms with Crippen LogP contribution in [0.25, 0.3) is 0 Å². The van der Waals surface area contributed by atoms with E-state index in [1.807, 2.05) is 7.05 Å². The van der Waals surface area contributed by atoms with Crippen LogP contribution in [0.3, 0.4) is 0 Å². The van der Waals surface area contributed by atoms with E-state index in [0.717, 1.165) is 45.1 Å². The van der Waals surface area contributed by atoms with E-state index in [1.54, 1.807) is 7.11 Å². The zero-order valence-electron chi connectivity index (χ0n) is 14.5. The summed E-state index contributed by atoms with van der Waals surface area (Å²) in [5.74, 6) is 0.974. The topological polar surface area (TPSA) is 46.1 Å². The Morgan fingerprint density at radius 1 is 1.24 bits per heavy atom. The van der Waals surface area contributed by atoms with E-state index in [2.05, 4.69) is 42.9 Å². The highest BCUT2D eigenvalue weighted by molar-refractivity contribution is 5.82. The summed E-state index contributed by atoms with van der Waals surface area (Å²) in [5, 5.41) is 3.52. The summed E-state index contributed by atoms with van der Waals surface area (Å²) in [6.07, 6.45) is 1.87. The van der Waals surface area contributed by atoms with Gasteiger partial charge in [-0.15, -0.1) is 0 Å². The molecule has 0 atom stereocenters. The van der Waals surface area contributed by atoms with Gasteiger partial charge in [0.15, 0.2) is 5.96 Å². The normalized spacial score (nSPS) is 27.1. The molecular formula is C16H31N3O2. The largest absolute Gasteiger partial charge is 0.381 e. The Kier molecular flexibility index (Phi) is 4.54. The molecule has 0 saturated carbocycles. The van der Waals surface area contributed by atoms with Gasteiger partial charge in [-0.2, -0.15) is 0 Å². The minimum atomic E-state index is -0.126. The maximum absolute atomic E-state index is 5.78. The average molecular weight is 297 g/mol. The van der Waals surface area contributed by atoms with Gasteiger partial charge in [-0.1, -0.05) is 13.8 Å². The van der Waals surface area contributed by atoms with Gasteiger partial charge >= 0.3 is 0 Å². The first-order chi connectivity index (χ1) is 9.78. The molecule has 0 spiro atoms. The summed E-state index contributed by atoms with van der Waals surface area (Å²) < 4.78 is 11.2. The standard InChI is InChI=1S/C16H31N3O2/c1-14(2)12-19(15(14,3)4)13(17-5)18-11-16(20-6)7-9-21-10-8-16/h7-12H2,1-6H3,(H,17,18). The lowest BCUT2D eigenvalue weighted by atomic mass is 9.65. The molecule has 1 N–H and O–H groups in total. The van der Waals surface area contributed by atoms with Crippen molar-refractivity contribution in [1.29, 1.82) is 0 Å². The lowest BCUT2D eigenvalue weighted by Crippen LogP contribution is -2.73. The second kappa shape index (κ2) is 5.76. The van der Waals surface area contributed by atoms with Crippen molar-refractivity contribution >= 4 is 5.96 Å². The number of rotatable bonds is 3. The molecule has 0 aliphatic carbocycles. The molecule has 2 aliphatic rings.